The molecule has 3 heteroatoms. The number of aryl methyl sites for hydroxylation is 1. The molecule has 0 aromatic heterocycles. The predicted octanol–water partition coefficient (Wildman–Crippen LogP) is 5.72. The summed E-state index contributed by atoms with van der Waals surface area (Å²) in [5, 5.41) is 0.0724. The van der Waals surface area contributed by atoms with Gasteiger partial charge in [-0.25, -0.2) is 8.78 Å². The predicted molar refractivity (Wildman–Crippen MR) is 75.6 cm³/mol. The van der Waals surface area contributed by atoms with Crippen molar-refractivity contribution in [3.8, 4) is 11.1 Å². The number of rotatable bonds is 2. The minimum Gasteiger partial charge on any atom is -0.206 e. The van der Waals surface area contributed by atoms with Crippen molar-refractivity contribution in [3.05, 3.63) is 58.1 Å². The highest BCUT2D eigenvalue weighted by Gasteiger charge is 2.14. The van der Waals surface area contributed by atoms with Crippen molar-refractivity contribution in [2.75, 3.05) is 0 Å². The average Bonchev–Trinajstić information content (AvgIpc) is 2.35. The third-order valence-corrected chi connectivity index (χ3v) is 3.55. The molecule has 0 aliphatic heterocycles. The second-order valence-corrected chi connectivity index (χ2v) is 5.33. The van der Waals surface area contributed by atoms with Crippen molar-refractivity contribution in [2.24, 2.45) is 0 Å². The van der Waals surface area contributed by atoms with Crippen LogP contribution in [0, 0.1) is 18.6 Å². The molecular formula is C16H15ClF2. The Morgan fingerprint density at radius 2 is 1.79 bits per heavy atom. The summed E-state index contributed by atoms with van der Waals surface area (Å²) in [5.74, 6) is -0.607. The summed E-state index contributed by atoms with van der Waals surface area (Å²) < 4.78 is 27.5. The van der Waals surface area contributed by atoms with E-state index in [4.69, 9.17) is 11.6 Å². The van der Waals surface area contributed by atoms with Crippen LogP contribution in [0.4, 0.5) is 8.78 Å². The van der Waals surface area contributed by atoms with Gasteiger partial charge in [0.2, 0.25) is 0 Å². The van der Waals surface area contributed by atoms with Crippen molar-refractivity contribution in [1.29, 1.82) is 0 Å². The molecule has 0 aliphatic carbocycles. The zero-order chi connectivity index (χ0) is 14.2. The van der Waals surface area contributed by atoms with Crippen LogP contribution >= 0.6 is 11.6 Å². The smallest absolute Gasteiger partial charge is 0.142 e. The molecule has 0 N–H and O–H groups in total. The lowest BCUT2D eigenvalue weighted by Gasteiger charge is -2.13. The summed E-state index contributed by atoms with van der Waals surface area (Å²) in [4.78, 5) is 0. The van der Waals surface area contributed by atoms with E-state index in [2.05, 4.69) is 0 Å². The van der Waals surface area contributed by atoms with Crippen molar-refractivity contribution in [2.45, 2.75) is 26.7 Å². The Balaban J connectivity index is 2.67. The van der Waals surface area contributed by atoms with Crippen LogP contribution in [-0.4, -0.2) is 0 Å². The first-order valence-corrected chi connectivity index (χ1v) is 6.54. The van der Waals surface area contributed by atoms with Crippen LogP contribution in [-0.2, 0) is 0 Å². The maximum Gasteiger partial charge on any atom is 0.142 e. The van der Waals surface area contributed by atoms with Crippen molar-refractivity contribution >= 4 is 11.6 Å². The molecule has 0 unspecified atom stereocenters. The monoisotopic (exact) mass is 280 g/mol. The normalized spacial score (nSPS) is 11.1. The molecule has 0 amide bonds. The fourth-order valence-electron chi connectivity index (χ4n) is 2.10. The maximum atomic E-state index is 14.0. The Morgan fingerprint density at radius 3 is 2.42 bits per heavy atom. The Kier molecular flexibility index (Phi) is 3.91. The lowest BCUT2D eigenvalue weighted by Crippen LogP contribution is -1.97. The summed E-state index contributed by atoms with van der Waals surface area (Å²) in [6, 6.07) is 8.09. The molecule has 0 atom stereocenters. The SMILES string of the molecule is Cc1cc(-c2cccc(F)c2Cl)cc(C(C)C)c1F. The lowest BCUT2D eigenvalue weighted by atomic mass is 9.94. The summed E-state index contributed by atoms with van der Waals surface area (Å²) in [7, 11) is 0. The summed E-state index contributed by atoms with van der Waals surface area (Å²) >= 11 is 5.98. The minimum absolute atomic E-state index is 0.0611. The summed E-state index contributed by atoms with van der Waals surface area (Å²) in [6.07, 6.45) is 0. The maximum absolute atomic E-state index is 14.0. The molecule has 0 nitrogen and oxygen atoms in total. The van der Waals surface area contributed by atoms with E-state index in [9.17, 15) is 8.78 Å². The van der Waals surface area contributed by atoms with Crippen LogP contribution in [0.25, 0.3) is 11.1 Å². The molecule has 2 rings (SSSR count). The van der Waals surface area contributed by atoms with Crippen molar-refractivity contribution in [3.63, 3.8) is 0 Å². The fraction of sp³-hybridized carbons (Fsp3) is 0.250. The van der Waals surface area contributed by atoms with Crippen molar-refractivity contribution < 1.29 is 8.78 Å². The highest BCUT2D eigenvalue weighted by Crippen LogP contribution is 2.33. The van der Waals surface area contributed by atoms with Gasteiger partial charge in [-0.3, -0.25) is 0 Å². The van der Waals surface area contributed by atoms with Gasteiger partial charge in [0.15, 0.2) is 0 Å². The van der Waals surface area contributed by atoms with E-state index in [-0.39, 0.29) is 16.8 Å². The van der Waals surface area contributed by atoms with Gasteiger partial charge < -0.3 is 0 Å². The summed E-state index contributed by atoms with van der Waals surface area (Å²) in [5.41, 5.74) is 2.50. The van der Waals surface area contributed by atoms with Gasteiger partial charge in [-0.15, -0.1) is 0 Å². The molecule has 0 saturated heterocycles. The third kappa shape index (κ3) is 2.64. The first-order valence-electron chi connectivity index (χ1n) is 6.16. The highest BCUT2D eigenvalue weighted by molar-refractivity contribution is 6.33. The molecule has 2 aromatic carbocycles. The Hall–Kier alpha value is -1.41. The zero-order valence-corrected chi connectivity index (χ0v) is 11.9. The van der Waals surface area contributed by atoms with Gasteiger partial charge in [0.05, 0.1) is 5.02 Å². The van der Waals surface area contributed by atoms with Gasteiger partial charge in [0.25, 0.3) is 0 Å². The number of benzene rings is 2. The van der Waals surface area contributed by atoms with Crippen LogP contribution in [0.1, 0.15) is 30.9 Å². The lowest BCUT2D eigenvalue weighted by molar-refractivity contribution is 0.590. The van der Waals surface area contributed by atoms with Crippen LogP contribution in [0.15, 0.2) is 30.3 Å². The van der Waals surface area contributed by atoms with Crippen LogP contribution < -0.4 is 0 Å². The van der Waals surface area contributed by atoms with Gasteiger partial charge in [-0.2, -0.15) is 0 Å². The van der Waals surface area contributed by atoms with Gasteiger partial charge in [0.1, 0.15) is 11.6 Å². The van der Waals surface area contributed by atoms with E-state index >= 15 is 0 Å². The summed E-state index contributed by atoms with van der Waals surface area (Å²) in [6.45, 7) is 5.56. The minimum atomic E-state index is -0.466. The van der Waals surface area contributed by atoms with Crippen LogP contribution in [0.2, 0.25) is 5.02 Å². The molecule has 2 aromatic rings. The molecule has 0 aliphatic rings. The van der Waals surface area contributed by atoms with Gasteiger partial charge in [-0.05, 0) is 47.7 Å². The van der Waals surface area contributed by atoms with E-state index in [1.54, 1.807) is 31.2 Å². The van der Waals surface area contributed by atoms with Crippen molar-refractivity contribution in [1.82, 2.24) is 0 Å². The van der Waals surface area contributed by atoms with Gasteiger partial charge in [-0.1, -0.05) is 37.6 Å². The van der Waals surface area contributed by atoms with Crippen LogP contribution in [0.5, 0.6) is 0 Å². The molecule has 19 heavy (non-hydrogen) atoms. The average molecular weight is 281 g/mol. The number of halogens is 3. The Morgan fingerprint density at radius 1 is 1.11 bits per heavy atom. The van der Waals surface area contributed by atoms with Crippen LogP contribution in [0.3, 0.4) is 0 Å². The van der Waals surface area contributed by atoms with E-state index in [0.29, 0.717) is 16.7 Å². The first-order chi connectivity index (χ1) is 8.91. The standard InChI is InChI=1S/C16H15ClF2/c1-9(2)13-8-11(7-10(3)16(13)19)12-5-4-6-14(18)15(12)17/h4-9H,1-3H3. The molecule has 0 bridgehead atoms. The molecule has 0 radical (unpaired) electrons. The quantitative estimate of drug-likeness (QED) is 0.660. The zero-order valence-electron chi connectivity index (χ0n) is 11.1. The van der Waals surface area contributed by atoms with E-state index in [0.717, 1.165) is 5.56 Å². The Labute approximate surface area is 117 Å². The van der Waals surface area contributed by atoms with E-state index < -0.39 is 5.82 Å². The molecular weight excluding hydrogens is 266 g/mol. The second kappa shape index (κ2) is 5.30. The molecule has 0 heterocycles. The van der Waals surface area contributed by atoms with Gasteiger partial charge >= 0.3 is 0 Å². The highest BCUT2D eigenvalue weighted by atomic mass is 35.5. The topological polar surface area (TPSA) is 0 Å². The Bertz CT molecular complexity index is 618. The van der Waals surface area contributed by atoms with E-state index in [1.165, 1.54) is 6.07 Å². The number of hydrogen-bond acceptors (Lipinski definition) is 0. The first kappa shape index (κ1) is 14.0. The number of hydrogen-bond donors (Lipinski definition) is 0. The second-order valence-electron chi connectivity index (χ2n) is 4.95. The third-order valence-electron chi connectivity index (χ3n) is 3.17. The fourth-order valence-corrected chi connectivity index (χ4v) is 2.33. The van der Waals surface area contributed by atoms with Gasteiger partial charge in [0, 0.05) is 5.56 Å². The molecule has 100 valence electrons. The molecule has 0 spiro atoms. The molecule has 0 saturated carbocycles. The molecule has 0 fully saturated rings. The largest absolute Gasteiger partial charge is 0.206 e. The van der Waals surface area contributed by atoms with E-state index in [1.807, 2.05) is 13.8 Å².